The summed E-state index contributed by atoms with van der Waals surface area (Å²) in [6.07, 6.45) is 1.04. The van der Waals surface area contributed by atoms with E-state index in [1.807, 2.05) is 18.5 Å². The maximum atomic E-state index is 10.6. The van der Waals surface area contributed by atoms with Crippen LogP contribution in [0, 0.1) is 0 Å². The largest absolute Gasteiger partial charge is 0.481 e. The van der Waals surface area contributed by atoms with Gasteiger partial charge in [0.15, 0.2) is 5.16 Å². The number of anilines is 1. The van der Waals surface area contributed by atoms with Crippen LogP contribution in [-0.2, 0) is 11.3 Å². The molecule has 20 heavy (non-hydrogen) atoms. The second kappa shape index (κ2) is 8.11. The van der Waals surface area contributed by atoms with Crippen LogP contribution < -0.4 is 4.90 Å². The van der Waals surface area contributed by atoms with E-state index in [1.54, 1.807) is 0 Å². The molecule has 1 N–H and O–H groups in total. The molecule has 0 amide bonds. The van der Waals surface area contributed by atoms with Crippen LogP contribution in [0.4, 0.5) is 5.95 Å². The van der Waals surface area contributed by atoms with Gasteiger partial charge >= 0.3 is 5.97 Å². The van der Waals surface area contributed by atoms with Crippen LogP contribution in [0.5, 0.6) is 0 Å². The van der Waals surface area contributed by atoms with Gasteiger partial charge in [-0.2, -0.15) is 0 Å². The van der Waals surface area contributed by atoms with Crippen molar-refractivity contribution in [3.63, 3.8) is 0 Å². The standard InChI is InChI=1S/C12H23N5O2S/c1-5-17-11(16(4)8-6-7-15(2)3)13-14-12(17)20-9-10(18)19/h5-9H2,1-4H3,(H,18,19). The molecule has 0 aliphatic carbocycles. The summed E-state index contributed by atoms with van der Waals surface area (Å²) in [4.78, 5) is 14.8. The van der Waals surface area contributed by atoms with Gasteiger partial charge in [-0.15, -0.1) is 10.2 Å². The monoisotopic (exact) mass is 301 g/mol. The van der Waals surface area contributed by atoms with Crippen LogP contribution in [0.25, 0.3) is 0 Å². The highest BCUT2D eigenvalue weighted by Crippen LogP contribution is 2.21. The number of carboxylic acids is 1. The predicted molar refractivity (Wildman–Crippen MR) is 80.5 cm³/mol. The predicted octanol–water partition coefficient (Wildman–Crippen LogP) is 0.863. The van der Waals surface area contributed by atoms with E-state index in [-0.39, 0.29) is 5.75 Å². The third kappa shape index (κ3) is 5.01. The van der Waals surface area contributed by atoms with Crippen molar-refractivity contribution in [1.29, 1.82) is 0 Å². The van der Waals surface area contributed by atoms with Crippen molar-refractivity contribution in [2.24, 2.45) is 0 Å². The third-order valence-corrected chi connectivity index (χ3v) is 3.73. The lowest BCUT2D eigenvalue weighted by molar-refractivity contribution is -0.133. The summed E-state index contributed by atoms with van der Waals surface area (Å²) in [5, 5.41) is 17.6. The molecule has 0 radical (unpaired) electrons. The average molecular weight is 301 g/mol. The zero-order valence-corrected chi connectivity index (χ0v) is 13.4. The quantitative estimate of drug-likeness (QED) is 0.678. The van der Waals surface area contributed by atoms with Gasteiger partial charge in [-0.25, -0.2) is 0 Å². The van der Waals surface area contributed by atoms with Crippen LogP contribution in [0.2, 0.25) is 0 Å². The maximum Gasteiger partial charge on any atom is 0.313 e. The van der Waals surface area contributed by atoms with Gasteiger partial charge in [0, 0.05) is 20.1 Å². The fourth-order valence-electron chi connectivity index (χ4n) is 1.80. The van der Waals surface area contributed by atoms with E-state index >= 15 is 0 Å². The molecular formula is C12H23N5O2S. The molecular weight excluding hydrogens is 278 g/mol. The van der Waals surface area contributed by atoms with Crippen LogP contribution in [0.15, 0.2) is 5.16 Å². The molecule has 114 valence electrons. The Bertz CT molecular complexity index is 435. The Morgan fingerprint density at radius 1 is 1.30 bits per heavy atom. The molecule has 0 aromatic carbocycles. The van der Waals surface area contributed by atoms with Gasteiger partial charge in [0.25, 0.3) is 0 Å². The van der Waals surface area contributed by atoms with Crippen LogP contribution in [0.3, 0.4) is 0 Å². The molecule has 0 saturated heterocycles. The number of aromatic nitrogens is 3. The van der Waals surface area contributed by atoms with Gasteiger partial charge in [-0.3, -0.25) is 9.36 Å². The fourth-order valence-corrected chi connectivity index (χ4v) is 2.52. The Morgan fingerprint density at radius 2 is 2.00 bits per heavy atom. The number of aliphatic carboxylic acids is 1. The Balaban J connectivity index is 2.66. The third-order valence-electron chi connectivity index (χ3n) is 2.78. The average Bonchev–Trinajstić information content (AvgIpc) is 2.78. The van der Waals surface area contributed by atoms with E-state index in [4.69, 9.17) is 5.11 Å². The zero-order valence-electron chi connectivity index (χ0n) is 12.5. The minimum atomic E-state index is -0.846. The molecule has 1 aromatic rings. The van der Waals surface area contributed by atoms with Crippen LogP contribution in [-0.4, -0.2) is 70.7 Å². The minimum Gasteiger partial charge on any atom is -0.481 e. The highest BCUT2D eigenvalue weighted by Gasteiger charge is 2.15. The molecule has 0 aliphatic rings. The zero-order chi connectivity index (χ0) is 15.1. The summed E-state index contributed by atoms with van der Waals surface area (Å²) in [7, 11) is 6.09. The van der Waals surface area contributed by atoms with Crippen molar-refractivity contribution in [3.8, 4) is 0 Å². The molecule has 0 aliphatic heterocycles. The summed E-state index contributed by atoms with van der Waals surface area (Å²) in [6, 6.07) is 0. The second-order valence-electron chi connectivity index (χ2n) is 4.79. The van der Waals surface area contributed by atoms with E-state index in [2.05, 4.69) is 34.1 Å². The SMILES string of the molecule is CCn1c(SCC(=O)O)nnc1N(C)CCCN(C)C. The van der Waals surface area contributed by atoms with Gasteiger partial charge in [-0.1, -0.05) is 11.8 Å². The Hall–Kier alpha value is -1.28. The van der Waals surface area contributed by atoms with Crippen molar-refractivity contribution in [1.82, 2.24) is 19.7 Å². The van der Waals surface area contributed by atoms with Gasteiger partial charge in [0.05, 0.1) is 5.75 Å². The van der Waals surface area contributed by atoms with Gasteiger partial charge in [-0.05, 0) is 34.0 Å². The Kier molecular flexibility index (Phi) is 6.80. The van der Waals surface area contributed by atoms with Crippen molar-refractivity contribution in [2.75, 3.05) is 44.9 Å². The number of rotatable bonds is 9. The highest BCUT2D eigenvalue weighted by molar-refractivity contribution is 7.99. The molecule has 0 spiro atoms. The molecule has 1 aromatic heterocycles. The number of carbonyl (C=O) groups is 1. The summed E-state index contributed by atoms with van der Waals surface area (Å²) in [5.41, 5.74) is 0. The fraction of sp³-hybridized carbons (Fsp3) is 0.750. The molecule has 8 heteroatoms. The minimum absolute atomic E-state index is 0.00246. The van der Waals surface area contributed by atoms with E-state index in [0.717, 1.165) is 32.0 Å². The first-order chi connectivity index (χ1) is 9.45. The Labute approximate surface area is 124 Å². The maximum absolute atomic E-state index is 10.6. The smallest absolute Gasteiger partial charge is 0.313 e. The molecule has 0 atom stereocenters. The number of hydrogen-bond acceptors (Lipinski definition) is 6. The molecule has 0 unspecified atom stereocenters. The van der Waals surface area contributed by atoms with E-state index in [1.165, 1.54) is 11.8 Å². The summed E-state index contributed by atoms with van der Waals surface area (Å²) in [6.45, 7) is 4.64. The topological polar surface area (TPSA) is 74.5 Å². The first kappa shape index (κ1) is 16.8. The number of thioether (sulfide) groups is 1. The normalized spacial score (nSPS) is 11.1. The first-order valence-corrected chi connectivity index (χ1v) is 7.58. The van der Waals surface area contributed by atoms with Crippen LogP contribution >= 0.6 is 11.8 Å². The summed E-state index contributed by atoms with van der Waals surface area (Å²) in [5.74, 6) is -0.0525. The lowest BCUT2D eigenvalue weighted by Gasteiger charge is -2.19. The van der Waals surface area contributed by atoms with Gasteiger partial charge in [0.2, 0.25) is 5.95 Å². The number of carboxylic acid groups (broad SMARTS) is 1. The summed E-state index contributed by atoms with van der Waals surface area (Å²) < 4.78 is 1.95. The van der Waals surface area contributed by atoms with Crippen molar-refractivity contribution >= 4 is 23.7 Å². The molecule has 1 rings (SSSR count). The van der Waals surface area contributed by atoms with Gasteiger partial charge in [0.1, 0.15) is 0 Å². The molecule has 7 nitrogen and oxygen atoms in total. The second-order valence-corrected chi connectivity index (χ2v) is 5.73. The van der Waals surface area contributed by atoms with Crippen molar-refractivity contribution < 1.29 is 9.90 Å². The van der Waals surface area contributed by atoms with Gasteiger partial charge < -0.3 is 14.9 Å². The van der Waals surface area contributed by atoms with Crippen molar-refractivity contribution in [3.05, 3.63) is 0 Å². The van der Waals surface area contributed by atoms with E-state index in [0.29, 0.717) is 5.16 Å². The first-order valence-electron chi connectivity index (χ1n) is 6.59. The Morgan fingerprint density at radius 3 is 2.55 bits per heavy atom. The summed E-state index contributed by atoms with van der Waals surface area (Å²) >= 11 is 1.20. The lowest BCUT2D eigenvalue weighted by Crippen LogP contribution is -2.26. The molecule has 0 bridgehead atoms. The lowest BCUT2D eigenvalue weighted by atomic mass is 10.4. The van der Waals surface area contributed by atoms with Crippen molar-refractivity contribution in [2.45, 2.75) is 25.0 Å². The van der Waals surface area contributed by atoms with Crippen LogP contribution in [0.1, 0.15) is 13.3 Å². The molecule has 0 fully saturated rings. The molecule has 0 saturated carbocycles. The number of nitrogens with zero attached hydrogens (tertiary/aromatic N) is 5. The number of hydrogen-bond donors (Lipinski definition) is 1. The van der Waals surface area contributed by atoms with E-state index in [9.17, 15) is 4.79 Å². The highest BCUT2D eigenvalue weighted by atomic mass is 32.2. The van der Waals surface area contributed by atoms with E-state index < -0.39 is 5.97 Å². The molecule has 1 heterocycles.